The molecule has 0 radical (unpaired) electrons. The maximum atomic E-state index is 12.7. The normalized spacial score (nSPS) is 17.4. The molecule has 0 saturated carbocycles. The molecule has 0 spiro atoms. The van der Waals surface area contributed by atoms with Gasteiger partial charge >= 0.3 is 0 Å². The van der Waals surface area contributed by atoms with Crippen LogP contribution in [0.3, 0.4) is 0 Å². The highest BCUT2D eigenvalue weighted by atomic mass is 32.2. The van der Waals surface area contributed by atoms with Crippen LogP contribution in [0.2, 0.25) is 0 Å². The molecular formula is C22H23N3O2S. The van der Waals surface area contributed by atoms with Crippen LogP contribution in [-0.4, -0.2) is 39.2 Å². The molecule has 1 aliphatic heterocycles. The van der Waals surface area contributed by atoms with E-state index in [2.05, 4.69) is 29.2 Å². The van der Waals surface area contributed by atoms with Crippen molar-refractivity contribution in [3.8, 4) is 0 Å². The van der Waals surface area contributed by atoms with Crippen LogP contribution in [0.15, 0.2) is 65.7 Å². The fourth-order valence-electron chi connectivity index (χ4n) is 3.59. The minimum atomic E-state index is -0.0889. The zero-order chi connectivity index (χ0) is 19.3. The van der Waals surface area contributed by atoms with Gasteiger partial charge in [0, 0.05) is 37.1 Å². The largest absolute Gasteiger partial charge is 0.342 e. The summed E-state index contributed by atoms with van der Waals surface area (Å²) in [7, 11) is 0. The Balaban J connectivity index is 1.38. The first kappa shape index (κ1) is 18.7. The lowest BCUT2D eigenvalue weighted by Crippen LogP contribution is -2.34. The van der Waals surface area contributed by atoms with E-state index in [-0.39, 0.29) is 11.5 Å². The number of hydrogen-bond donors (Lipinski definition) is 0. The molecule has 3 aromatic rings. The lowest BCUT2D eigenvalue weighted by molar-refractivity contribution is -0.131. The van der Waals surface area contributed by atoms with E-state index in [0.29, 0.717) is 29.1 Å². The van der Waals surface area contributed by atoms with Crippen molar-refractivity contribution >= 4 is 28.6 Å². The third-order valence-electron chi connectivity index (χ3n) is 5.16. The molecule has 1 atom stereocenters. The van der Waals surface area contributed by atoms with E-state index in [1.807, 2.05) is 40.9 Å². The van der Waals surface area contributed by atoms with Gasteiger partial charge in [-0.25, -0.2) is 4.98 Å². The second-order valence-corrected chi connectivity index (χ2v) is 8.26. The summed E-state index contributed by atoms with van der Waals surface area (Å²) in [5, 5.41) is 1.03. The summed E-state index contributed by atoms with van der Waals surface area (Å²) in [6.07, 6.45) is 2.82. The lowest BCUT2D eigenvalue weighted by Gasteiger charge is -2.20. The van der Waals surface area contributed by atoms with Crippen molar-refractivity contribution < 1.29 is 4.79 Å². The van der Waals surface area contributed by atoms with Crippen LogP contribution >= 0.6 is 11.8 Å². The zero-order valence-electron chi connectivity index (χ0n) is 15.7. The quantitative estimate of drug-likeness (QED) is 0.681. The van der Waals surface area contributed by atoms with Gasteiger partial charge in [-0.2, -0.15) is 11.8 Å². The second-order valence-electron chi connectivity index (χ2n) is 6.95. The summed E-state index contributed by atoms with van der Waals surface area (Å²) in [6.45, 7) is 1.88. The van der Waals surface area contributed by atoms with Crippen LogP contribution in [0.1, 0.15) is 23.7 Å². The third-order valence-corrected chi connectivity index (χ3v) is 6.49. The summed E-state index contributed by atoms with van der Waals surface area (Å²) >= 11 is 1.92. The van der Waals surface area contributed by atoms with E-state index in [9.17, 15) is 9.59 Å². The maximum absolute atomic E-state index is 12.7. The topological polar surface area (TPSA) is 55.2 Å². The molecule has 2 aromatic carbocycles. The molecule has 2 heterocycles. The van der Waals surface area contributed by atoms with Crippen LogP contribution < -0.4 is 5.56 Å². The number of hydrogen-bond acceptors (Lipinski definition) is 4. The van der Waals surface area contributed by atoms with Gasteiger partial charge < -0.3 is 4.90 Å². The van der Waals surface area contributed by atoms with E-state index in [4.69, 9.17) is 0 Å². The van der Waals surface area contributed by atoms with Crippen molar-refractivity contribution in [3.05, 3.63) is 76.8 Å². The molecule has 0 N–H and O–H groups in total. The molecule has 1 aromatic heterocycles. The van der Waals surface area contributed by atoms with Gasteiger partial charge in [0.05, 0.1) is 17.2 Å². The summed E-state index contributed by atoms with van der Waals surface area (Å²) in [6, 6.07) is 17.8. The summed E-state index contributed by atoms with van der Waals surface area (Å²) < 4.78 is 1.54. The van der Waals surface area contributed by atoms with Gasteiger partial charge in [0.2, 0.25) is 5.91 Å². The first-order chi connectivity index (χ1) is 13.7. The average Bonchev–Trinajstić information content (AvgIpc) is 3.00. The fourth-order valence-corrected chi connectivity index (χ4v) is 4.82. The first-order valence-corrected chi connectivity index (χ1v) is 10.7. The SMILES string of the molecule is O=C(CCn1cnc2ccccc2c1=O)N1CCSC(c2ccccc2)CC1. The van der Waals surface area contributed by atoms with Gasteiger partial charge in [0.15, 0.2) is 0 Å². The molecule has 6 heteroatoms. The van der Waals surface area contributed by atoms with Gasteiger partial charge in [0.25, 0.3) is 5.56 Å². The van der Waals surface area contributed by atoms with Crippen molar-refractivity contribution in [3.63, 3.8) is 0 Å². The number of carbonyl (C=O) groups excluding carboxylic acids is 1. The monoisotopic (exact) mass is 393 g/mol. The van der Waals surface area contributed by atoms with E-state index in [1.165, 1.54) is 5.56 Å². The second kappa shape index (κ2) is 8.61. The van der Waals surface area contributed by atoms with Gasteiger partial charge in [-0.1, -0.05) is 42.5 Å². The molecule has 0 aliphatic carbocycles. The number of thioether (sulfide) groups is 1. The van der Waals surface area contributed by atoms with Crippen LogP contribution in [0, 0.1) is 0 Å². The predicted molar refractivity (Wildman–Crippen MR) is 113 cm³/mol. The van der Waals surface area contributed by atoms with E-state index in [1.54, 1.807) is 17.0 Å². The Morgan fingerprint density at radius 2 is 1.86 bits per heavy atom. The van der Waals surface area contributed by atoms with Crippen molar-refractivity contribution in [2.24, 2.45) is 0 Å². The number of para-hydroxylation sites is 1. The Labute approximate surface area is 168 Å². The Hall–Kier alpha value is -2.60. The van der Waals surface area contributed by atoms with E-state index >= 15 is 0 Å². The number of rotatable bonds is 4. The maximum Gasteiger partial charge on any atom is 0.261 e. The molecule has 1 fully saturated rings. The Bertz CT molecular complexity index is 1020. The lowest BCUT2D eigenvalue weighted by atomic mass is 10.1. The van der Waals surface area contributed by atoms with E-state index in [0.717, 1.165) is 25.3 Å². The van der Waals surface area contributed by atoms with Crippen molar-refractivity contribution in [2.75, 3.05) is 18.8 Å². The number of aromatic nitrogens is 2. The van der Waals surface area contributed by atoms with Gasteiger partial charge in [0.1, 0.15) is 0 Å². The molecular weight excluding hydrogens is 370 g/mol. The van der Waals surface area contributed by atoms with Crippen LogP contribution in [0.4, 0.5) is 0 Å². The number of amides is 1. The summed E-state index contributed by atoms with van der Waals surface area (Å²) in [4.78, 5) is 31.6. The number of benzene rings is 2. The molecule has 1 unspecified atom stereocenters. The standard InChI is InChI=1S/C22H23N3O2S/c26-21(11-13-25-16-23-19-9-5-4-8-18(19)22(25)27)24-12-10-20(28-15-14-24)17-6-2-1-3-7-17/h1-9,16,20H,10-15H2. The number of carbonyl (C=O) groups is 1. The molecule has 1 saturated heterocycles. The summed E-state index contributed by atoms with van der Waals surface area (Å²) in [5.41, 5.74) is 1.93. The Morgan fingerprint density at radius 1 is 1.07 bits per heavy atom. The molecule has 5 nitrogen and oxygen atoms in total. The van der Waals surface area contributed by atoms with E-state index < -0.39 is 0 Å². The van der Waals surface area contributed by atoms with Gasteiger partial charge in [-0.15, -0.1) is 0 Å². The molecule has 0 bridgehead atoms. The minimum Gasteiger partial charge on any atom is -0.342 e. The smallest absolute Gasteiger partial charge is 0.261 e. The predicted octanol–water partition coefficient (Wildman–Crippen LogP) is 3.49. The highest BCUT2D eigenvalue weighted by Gasteiger charge is 2.22. The van der Waals surface area contributed by atoms with Gasteiger partial charge in [-0.05, 0) is 24.1 Å². The van der Waals surface area contributed by atoms with Crippen LogP contribution in [0.5, 0.6) is 0 Å². The zero-order valence-corrected chi connectivity index (χ0v) is 16.5. The minimum absolute atomic E-state index is 0.0889. The fraction of sp³-hybridized carbons (Fsp3) is 0.318. The molecule has 4 rings (SSSR count). The number of aryl methyl sites for hydroxylation is 1. The number of fused-ring (bicyclic) bond motifs is 1. The first-order valence-electron chi connectivity index (χ1n) is 9.61. The van der Waals surface area contributed by atoms with Gasteiger partial charge in [-0.3, -0.25) is 14.2 Å². The van der Waals surface area contributed by atoms with Crippen molar-refractivity contribution in [1.29, 1.82) is 0 Å². The third kappa shape index (κ3) is 4.12. The average molecular weight is 394 g/mol. The molecule has 1 amide bonds. The molecule has 28 heavy (non-hydrogen) atoms. The highest BCUT2D eigenvalue weighted by Crippen LogP contribution is 2.34. The summed E-state index contributed by atoms with van der Waals surface area (Å²) in [5.74, 6) is 1.04. The van der Waals surface area contributed by atoms with Crippen LogP contribution in [-0.2, 0) is 11.3 Å². The van der Waals surface area contributed by atoms with Crippen molar-refractivity contribution in [2.45, 2.75) is 24.6 Å². The molecule has 1 aliphatic rings. The van der Waals surface area contributed by atoms with Crippen LogP contribution in [0.25, 0.3) is 10.9 Å². The highest BCUT2D eigenvalue weighted by molar-refractivity contribution is 7.99. The Morgan fingerprint density at radius 3 is 2.71 bits per heavy atom. The van der Waals surface area contributed by atoms with Crippen molar-refractivity contribution in [1.82, 2.24) is 14.5 Å². The number of nitrogens with zero attached hydrogens (tertiary/aromatic N) is 3. The molecule has 144 valence electrons. The Kier molecular flexibility index (Phi) is 5.76.